The molecule has 4 N–H and O–H groups in total. The van der Waals surface area contributed by atoms with E-state index in [1.54, 1.807) is 18.2 Å². The molecule has 1 aromatic carbocycles. The van der Waals surface area contributed by atoms with Crippen molar-refractivity contribution in [3.8, 4) is 0 Å². The Bertz CT molecular complexity index is 552. The molecule has 1 saturated heterocycles. The van der Waals surface area contributed by atoms with Gasteiger partial charge < -0.3 is 25.6 Å². The average molecular weight is 354 g/mol. The molecule has 0 saturated carbocycles. The molecule has 24 heavy (non-hydrogen) atoms. The van der Waals surface area contributed by atoms with E-state index in [1.165, 1.54) is 11.0 Å². The first-order chi connectivity index (χ1) is 11.7. The van der Waals surface area contributed by atoms with E-state index in [-0.39, 0.29) is 5.69 Å². The van der Waals surface area contributed by atoms with Gasteiger partial charge >= 0.3 is 0 Å². The second kappa shape index (κ2) is 10.0. The molecule has 1 fully saturated rings. The number of nitro groups is 1. The summed E-state index contributed by atoms with van der Waals surface area (Å²) in [7, 11) is 0. The fourth-order valence-electron chi connectivity index (χ4n) is 2.48. The Balaban J connectivity index is 1.58. The van der Waals surface area contributed by atoms with Crippen LogP contribution in [0.5, 0.6) is 0 Å². The number of nitrogens with zero attached hydrogens (tertiary/aromatic N) is 1. The van der Waals surface area contributed by atoms with Gasteiger partial charge in [-0.3, -0.25) is 10.1 Å². The predicted octanol–water partition coefficient (Wildman–Crippen LogP) is -0.614. The fourth-order valence-corrected chi connectivity index (χ4v) is 2.69. The van der Waals surface area contributed by atoms with Gasteiger partial charge in [-0.2, -0.15) is 0 Å². The summed E-state index contributed by atoms with van der Waals surface area (Å²) in [5.41, 5.74) is 0.589. The highest BCUT2D eigenvalue weighted by molar-refractivity contribution is 7.80. The second-order valence-electron chi connectivity index (χ2n) is 5.50. The van der Waals surface area contributed by atoms with Crippen molar-refractivity contribution in [3.05, 3.63) is 34.4 Å². The van der Waals surface area contributed by atoms with E-state index in [1.807, 2.05) is 0 Å². The number of morpholine rings is 1. The minimum absolute atomic E-state index is 0.0756. The zero-order valence-electron chi connectivity index (χ0n) is 13.5. The Morgan fingerprint density at radius 3 is 2.67 bits per heavy atom. The third kappa shape index (κ3) is 6.26. The van der Waals surface area contributed by atoms with Crippen LogP contribution in [-0.4, -0.2) is 62.5 Å². The molecule has 1 aromatic rings. The van der Waals surface area contributed by atoms with Crippen LogP contribution in [0.1, 0.15) is 0 Å². The lowest BCUT2D eigenvalue weighted by atomic mass is 10.2. The average Bonchev–Trinajstić information content (AvgIpc) is 2.60. The highest BCUT2D eigenvalue weighted by Crippen LogP contribution is 2.22. The first-order valence-corrected chi connectivity index (χ1v) is 8.48. The van der Waals surface area contributed by atoms with E-state index < -0.39 is 4.92 Å². The molecule has 0 amide bonds. The van der Waals surface area contributed by atoms with E-state index in [9.17, 15) is 10.1 Å². The summed E-state index contributed by atoms with van der Waals surface area (Å²) in [6.07, 6.45) is 0. The van der Waals surface area contributed by atoms with Gasteiger partial charge in [0, 0.05) is 19.2 Å². The van der Waals surface area contributed by atoms with E-state index in [4.69, 9.17) is 17.0 Å². The summed E-state index contributed by atoms with van der Waals surface area (Å²) in [4.78, 5) is 12.1. The van der Waals surface area contributed by atoms with Crippen LogP contribution in [0.25, 0.3) is 0 Å². The number of nitro benzene ring substituents is 1. The van der Waals surface area contributed by atoms with Crippen LogP contribution in [0.4, 0.5) is 11.4 Å². The van der Waals surface area contributed by atoms with E-state index in [0.717, 1.165) is 39.4 Å². The largest absolute Gasteiger partial charge is 0.378 e. The molecule has 0 atom stereocenters. The highest BCUT2D eigenvalue weighted by Gasteiger charge is 2.13. The van der Waals surface area contributed by atoms with Crippen LogP contribution < -0.4 is 20.9 Å². The zero-order chi connectivity index (χ0) is 17.2. The van der Waals surface area contributed by atoms with Crippen molar-refractivity contribution in [2.45, 2.75) is 0 Å². The highest BCUT2D eigenvalue weighted by atomic mass is 32.1. The topological polar surface area (TPSA) is 92.9 Å². The molecular weight excluding hydrogens is 330 g/mol. The number of rotatable bonds is 8. The summed E-state index contributed by atoms with van der Waals surface area (Å²) < 4.78 is 5.32. The van der Waals surface area contributed by atoms with Crippen LogP contribution in [0.3, 0.4) is 0 Å². The second-order valence-corrected chi connectivity index (χ2v) is 5.90. The molecule has 8 nitrogen and oxygen atoms in total. The van der Waals surface area contributed by atoms with Crippen molar-refractivity contribution in [2.75, 3.05) is 57.8 Å². The minimum Gasteiger partial charge on any atom is -0.378 e. The molecule has 1 aliphatic heterocycles. The Labute approximate surface area is 146 Å². The number of quaternary nitrogens is 1. The Morgan fingerprint density at radius 1 is 1.21 bits per heavy atom. The van der Waals surface area contributed by atoms with Crippen molar-refractivity contribution >= 4 is 28.7 Å². The number of nitrogens with one attached hydrogen (secondary N) is 4. The number of anilines is 1. The van der Waals surface area contributed by atoms with Gasteiger partial charge in [-0.1, -0.05) is 12.1 Å². The fraction of sp³-hybridized carbons (Fsp3) is 0.533. The maximum atomic E-state index is 10.9. The standard InChI is InChI=1S/C15H23N5O3S/c21-20(22)14-4-2-1-3-13(14)16-5-6-17-15(24)18-7-8-19-9-11-23-12-10-19/h1-4,16H,5-12H2,(H2,17,18,24)/p+1. The van der Waals surface area contributed by atoms with E-state index in [0.29, 0.717) is 23.9 Å². The Morgan fingerprint density at radius 2 is 1.92 bits per heavy atom. The number of thiocarbonyl (C=S) groups is 1. The van der Waals surface area contributed by atoms with Crippen molar-refractivity contribution in [1.29, 1.82) is 0 Å². The van der Waals surface area contributed by atoms with Crippen LogP contribution in [-0.2, 0) is 4.74 Å². The molecule has 0 aromatic heterocycles. The molecule has 0 radical (unpaired) electrons. The van der Waals surface area contributed by atoms with Gasteiger partial charge in [0.05, 0.1) is 31.2 Å². The summed E-state index contributed by atoms with van der Waals surface area (Å²) in [6.45, 7) is 6.70. The molecule has 1 aliphatic rings. The molecule has 2 rings (SSSR count). The number of hydrogen-bond acceptors (Lipinski definition) is 5. The molecular formula is C15H24N5O3S+. The minimum atomic E-state index is -0.393. The third-order valence-corrected chi connectivity index (χ3v) is 4.08. The molecule has 0 bridgehead atoms. The van der Waals surface area contributed by atoms with Gasteiger partial charge in [-0.05, 0) is 18.3 Å². The van der Waals surface area contributed by atoms with Gasteiger partial charge in [0.25, 0.3) is 5.69 Å². The van der Waals surface area contributed by atoms with E-state index >= 15 is 0 Å². The number of ether oxygens (including phenoxy) is 1. The predicted molar refractivity (Wildman–Crippen MR) is 96.6 cm³/mol. The van der Waals surface area contributed by atoms with Gasteiger partial charge in [0.2, 0.25) is 0 Å². The Hall–Kier alpha value is -1.97. The van der Waals surface area contributed by atoms with Gasteiger partial charge in [-0.25, -0.2) is 0 Å². The maximum Gasteiger partial charge on any atom is 0.292 e. The summed E-state index contributed by atoms with van der Waals surface area (Å²) >= 11 is 5.23. The first-order valence-electron chi connectivity index (χ1n) is 8.07. The van der Waals surface area contributed by atoms with Crippen LogP contribution in [0, 0.1) is 10.1 Å². The molecule has 0 aliphatic carbocycles. The zero-order valence-corrected chi connectivity index (χ0v) is 14.4. The third-order valence-electron chi connectivity index (χ3n) is 3.79. The van der Waals surface area contributed by atoms with Crippen molar-refractivity contribution < 1.29 is 14.6 Å². The molecule has 9 heteroatoms. The van der Waals surface area contributed by atoms with Crippen molar-refractivity contribution in [3.63, 3.8) is 0 Å². The number of benzene rings is 1. The maximum absolute atomic E-state index is 10.9. The van der Waals surface area contributed by atoms with Crippen molar-refractivity contribution in [2.24, 2.45) is 0 Å². The number of hydrogen-bond donors (Lipinski definition) is 4. The lowest BCUT2D eigenvalue weighted by molar-refractivity contribution is -0.906. The van der Waals surface area contributed by atoms with Gasteiger partial charge in [-0.15, -0.1) is 0 Å². The summed E-state index contributed by atoms with van der Waals surface area (Å²) in [5, 5.41) is 20.8. The summed E-state index contributed by atoms with van der Waals surface area (Å²) in [6, 6.07) is 6.59. The molecule has 132 valence electrons. The van der Waals surface area contributed by atoms with Crippen molar-refractivity contribution in [1.82, 2.24) is 10.6 Å². The molecule has 0 unspecified atom stereocenters. The summed E-state index contributed by atoms with van der Waals surface area (Å²) in [5.74, 6) is 0. The normalized spacial score (nSPS) is 14.8. The van der Waals surface area contributed by atoms with Gasteiger partial charge in [0.1, 0.15) is 18.8 Å². The lowest BCUT2D eigenvalue weighted by Crippen LogP contribution is -3.14. The quantitative estimate of drug-likeness (QED) is 0.214. The van der Waals surface area contributed by atoms with Crippen LogP contribution >= 0.6 is 12.2 Å². The number of para-hydroxylation sites is 2. The monoisotopic (exact) mass is 354 g/mol. The van der Waals surface area contributed by atoms with Crippen LogP contribution in [0.15, 0.2) is 24.3 Å². The van der Waals surface area contributed by atoms with Crippen LogP contribution in [0.2, 0.25) is 0 Å². The molecule has 0 spiro atoms. The first kappa shape index (κ1) is 18.4. The molecule has 1 heterocycles. The van der Waals surface area contributed by atoms with Gasteiger partial charge in [0.15, 0.2) is 5.11 Å². The lowest BCUT2D eigenvalue weighted by Gasteiger charge is -2.24. The smallest absolute Gasteiger partial charge is 0.292 e. The Kier molecular flexibility index (Phi) is 7.66. The van der Waals surface area contributed by atoms with E-state index in [2.05, 4.69) is 16.0 Å². The SMILES string of the molecule is O=[N+]([O-])c1ccccc1NCCNC(=S)NCC[NH+]1CCOCC1.